The summed E-state index contributed by atoms with van der Waals surface area (Å²) in [7, 11) is 1.35. The minimum absolute atomic E-state index is 0.168. The molecule has 0 aromatic heterocycles. The van der Waals surface area contributed by atoms with Crippen LogP contribution in [0.3, 0.4) is 0 Å². The molecule has 1 N–H and O–H groups in total. The van der Waals surface area contributed by atoms with E-state index in [1.54, 1.807) is 25.1 Å². The van der Waals surface area contributed by atoms with Crippen LogP contribution in [0, 0.1) is 0 Å². The van der Waals surface area contributed by atoms with Gasteiger partial charge < -0.3 is 14.8 Å². The standard InChI is InChI=1S/C12H13NO4/c1-7-12(15)13-9-4-3-8(5-10(9)17-7)6-11(14)16-2/h3-5,7H,6H2,1-2H3,(H,13,15). The van der Waals surface area contributed by atoms with Gasteiger partial charge in [0.15, 0.2) is 6.10 Å². The molecule has 1 atom stereocenters. The van der Waals surface area contributed by atoms with E-state index in [0.29, 0.717) is 11.4 Å². The van der Waals surface area contributed by atoms with Gasteiger partial charge in [-0.15, -0.1) is 0 Å². The Labute approximate surface area is 98.7 Å². The lowest BCUT2D eigenvalue weighted by atomic mass is 10.1. The smallest absolute Gasteiger partial charge is 0.309 e. The first-order valence-electron chi connectivity index (χ1n) is 5.27. The normalized spacial score (nSPS) is 17.8. The van der Waals surface area contributed by atoms with Crippen LogP contribution in [0.5, 0.6) is 5.75 Å². The second kappa shape index (κ2) is 4.45. The van der Waals surface area contributed by atoms with Gasteiger partial charge in [0.1, 0.15) is 5.75 Å². The first-order chi connectivity index (χ1) is 8.10. The lowest BCUT2D eigenvalue weighted by Crippen LogP contribution is -2.34. The van der Waals surface area contributed by atoms with E-state index in [9.17, 15) is 9.59 Å². The minimum atomic E-state index is -0.518. The van der Waals surface area contributed by atoms with Crippen LogP contribution < -0.4 is 10.1 Å². The van der Waals surface area contributed by atoms with Crippen LogP contribution in [0.25, 0.3) is 0 Å². The molecule has 2 rings (SSSR count). The van der Waals surface area contributed by atoms with Crippen LogP contribution in [-0.2, 0) is 20.7 Å². The van der Waals surface area contributed by atoms with Gasteiger partial charge >= 0.3 is 5.97 Å². The molecule has 1 heterocycles. The summed E-state index contributed by atoms with van der Waals surface area (Å²) in [4.78, 5) is 22.5. The fraction of sp³-hybridized carbons (Fsp3) is 0.333. The van der Waals surface area contributed by atoms with Crippen LogP contribution in [0.15, 0.2) is 18.2 Å². The van der Waals surface area contributed by atoms with Crippen LogP contribution in [0.4, 0.5) is 5.69 Å². The van der Waals surface area contributed by atoms with Crippen molar-refractivity contribution < 1.29 is 19.1 Å². The lowest BCUT2D eigenvalue weighted by molar-refractivity contribution is -0.139. The minimum Gasteiger partial charge on any atom is -0.479 e. The van der Waals surface area contributed by atoms with Crippen LogP contribution in [-0.4, -0.2) is 25.1 Å². The fourth-order valence-electron chi connectivity index (χ4n) is 1.59. The predicted molar refractivity (Wildman–Crippen MR) is 60.9 cm³/mol. The molecular weight excluding hydrogens is 222 g/mol. The highest BCUT2D eigenvalue weighted by molar-refractivity contribution is 5.97. The maximum absolute atomic E-state index is 11.4. The highest BCUT2D eigenvalue weighted by Gasteiger charge is 2.23. The van der Waals surface area contributed by atoms with Crippen LogP contribution >= 0.6 is 0 Å². The van der Waals surface area contributed by atoms with E-state index in [-0.39, 0.29) is 18.3 Å². The number of amides is 1. The Morgan fingerprint density at radius 1 is 1.53 bits per heavy atom. The molecule has 5 heteroatoms. The topological polar surface area (TPSA) is 64.6 Å². The average Bonchev–Trinajstić information content (AvgIpc) is 2.31. The third-order valence-corrected chi connectivity index (χ3v) is 2.55. The monoisotopic (exact) mass is 235 g/mol. The molecule has 1 aliphatic rings. The molecule has 0 aliphatic carbocycles. The molecule has 0 fully saturated rings. The van der Waals surface area contributed by atoms with Crippen molar-refractivity contribution >= 4 is 17.6 Å². The third-order valence-electron chi connectivity index (χ3n) is 2.55. The zero-order valence-corrected chi connectivity index (χ0v) is 9.65. The second-order valence-electron chi connectivity index (χ2n) is 3.83. The number of anilines is 1. The molecule has 0 saturated heterocycles. The SMILES string of the molecule is COC(=O)Cc1ccc2c(c1)OC(C)C(=O)N2. The molecule has 0 saturated carbocycles. The molecule has 90 valence electrons. The maximum Gasteiger partial charge on any atom is 0.309 e. The van der Waals surface area contributed by atoms with E-state index in [4.69, 9.17) is 4.74 Å². The van der Waals surface area contributed by atoms with Crippen molar-refractivity contribution in [2.45, 2.75) is 19.4 Å². The van der Waals surface area contributed by atoms with Crippen LogP contribution in [0.2, 0.25) is 0 Å². The number of rotatable bonds is 2. The molecular formula is C12H13NO4. The number of esters is 1. The number of benzene rings is 1. The van der Waals surface area contributed by atoms with E-state index in [1.165, 1.54) is 7.11 Å². The zero-order chi connectivity index (χ0) is 12.4. The summed E-state index contributed by atoms with van der Waals surface area (Å²) >= 11 is 0. The van der Waals surface area contributed by atoms with E-state index in [0.717, 1.165) is 5.56 Å². The van der Waals surface area contributed by atoms with Crippen molar-refractivity contribution in [3.63, 3.8) is 0 Å². The Morgan fingerprint density at radius 3 is 3.00 bits per heavy atom. The van der Waals surface area contributed by atoms with E-state index in [1.807, 2.05) is 0 Å². The molecule has 1 aromatic carbocycles. The third kappa shape index (κ3) is 2.38. The van der Waals surface area contributed by atoms with Gasteiger partial charge in [-0.2, -0.15) is 0 Å². The molecule has 0 bridgehead atoms. The zero-order valence-electron chi connectivity index (χ0n) is 9.65. The van der Waals surface area contributed by atoms with E-state index >= 15 is 0 Å². The van der Waals surface area contributed by atoms with Crippen molar-refractivity contribution in [1.29, 1.82) is 0 Å². The molecule has 5 nitrogen and oxygen atoms in total. The summed E-state index contributed by atoms with van der Waals surface area (Å²) in [6.45, 7) is 1.67. The van der Waals surface area contributed by atoms with Gasteiger partial charge in [0.25, 0.3) is 5.91 Å². The molecule has 1 unspecified atom stereocenters. The number of carbonyl (C=O) groups is 2. The highest BCUT2D eigenvalue weighted by atomic mass is 16.5. The van der Waals surface area contributed by atoms with E-state index in [2.05, 4.69) is 10.1 Å². The summed E-state index contributed by atoms with van der Waals surface area (Å²) in [5.74, 6) is 0.106. The number of hydrogen-bond donors (Lipinski definition) is 1. The Bertz CT molecular complexity index is 470. The van der Waals surface area contributed by atoms with Crippen molar-refractivity contribution in [3.8, 4) is 5.75 Å². The maximum atomic E-state index is 11.4. The van der Waals surface area contributed by atoms with Gasteiger partial charge in [0, 0.05) is 0 Å². The van der Waals surface area contributed by atoms with Gasteiger partial charge in [-0.1, -0.05) is 6.07 Å². The Balaban J connectivity index is 2.22. The summed E-state index contributed by atoms with van der Waals surface area (Å²) in [6, 6.07) is 5.22. The summed E-state index contributed by atoms with van der Waals surface area (Å²) in [5, 5.41) is 2.72. The van der Waals surface area contributed by atoms with Crippen molar-refractivity contribution in [2.75, 3.05) is 12.4 Å². The van der Waals surface area contributed by atoms with Gasteiger partial charge in [0.2, 0.25) is 0 Å². The molecule has 0 spiro atoms. The molecule has 1 aliphatic heterocycles. The van der Waals surface area contributed by atoms with Crippen molar-refractivity contribution in [2.24, 2.45) is 0 Å². The lowest BCUT2D eigenvalue weighted by Gasteiger charge is -2.23. The number of nitrogens with one attached hydrogen (secondary N) is 1. The molecule has 1 amide bonds. The quantitative estimate of drug-likeness (QED) is 0.780. The summed E-state index contributed by atoms with van der Waals surface area (Å²) in [5.41, 5.74) is 1.42. The van der Waals surface area contributed by atoms with Gasteiger partial charge in [-0.05, 0) is 24.6 Å². The molecule has 17 heavy (non-hydrogen) atoms. The first kappa shape index (κ1) is 11.4. The number of methoxy groups -OCH3 is 1. The van der Waals surface area contributed by atoms with E-state index < -0.39 is 6.10 Å². The summed E-state index contributed by atoms with van der Waals surface area (Å²) < 4.78 is 10.0. The summed E-state index contributed by atoms with van der Waals surface area (Å²) in [6.07, 6.45) is -0.328. The average molecular weight is 235 g/mol. The number of hydrogen-bond acceptors (Lipinski definition) is 4. The Hall–Kier alpha value is -2.04. The Morgan fingerprint density at radius 2 is 2.29 bits per heavy atom. The first-order valence-corrected chi connectivity index (χ1v) is 5.27. The molecule has 1 aromatic rings. The number of fused-ring (bicyclic) bond motifs is 1. The number of ether oxygens (including phenoxy) is 2. The van der Waals surface area contributed by atoms with Crippen molar-refractivity contribution in [1.82, 2.24) is 0 Å². The molecule has 0 radical (unpaired) electrons. The number of carbonyl (C=O) groups excluding carboxylic acids is 2. The van der Waals surface area contributed by atoms with Gasteiger partial charge in [-0.3, -0.25) is 9.59 Å². The second-order valence-corrected chi connectivity index (χ2v) is 3.83. The highest BCUT2D eigenvalue weighted by Crippen LogP contribution is 2.30. The van der Waals surface area contributed by atoms with Crippen LogP contribution in [0.1, 0.15) is 12.5 Å². The van der Waals surface area contributed by atoms with Crippen molar-refractivity contribution in [3.05, 3.63) is 23.8 Å². The van der Waals surface area contributed by atoms with Gasteiger partial charge in [0.05, 0.1) is 19.2 Å². The largest absolute Gasteiger partial charge is 0.479 e. The van der Waals surface area contributed by atoms with Gasteiger partial charge in [-0.25, -0.2) is 0 Å². The Kier molecular flexibility index (Phi) is 2.99. The fourth-order valence-corrected chi connectivity index (χ4v) is 1.59. The predicted octanol–water partition coefficient (Wildman–Crippen LogP) is 1.12.